The van der Waals surface area contributed by atoms with Crippen molar-refractivity contribution in [3.63, 3.8) is 0 Å². The van der Waals surface area contributed by atoms with Crippen molar-refractivity contribution in [3.8, 4) is 0 Å². The van der Waals surface area contributed by atoms with Gasteiger partial charge in [-0.2, -0.15) is 4.31 Å². The van der Waals surface area contributed by atoms with Crippen LogP contribution in [0.15, 0.2) is 41.6 Å². The van der Waals surface area contributed by atoms with E-state index in [0.29, 0.717) is 22.6 Å². The minimum Gasteiger partial charge on any atom is -0.478 e. The van der Waals surface area contributed by atoms with Crippen LogP contribution in [0, 0.1) is 0 Å². The number of carbonyl (C=O) groups is 1. The van der Waals surface area contributed by atoms with Gasteiger partial charge in [0.15, 0.2) is 0 Å². The molecular formula is C15H13ClN2O4S. The molecule has 0 unspecified atom stereocenters. The van der Waals surface area contributed by atoms with Crippen LogP contribution in [0.4, 0.5) is 0 Å². The Bertz CT molecular complexity index is 866. The monoisotopic (exact) mass is 352 g/mol. The number of aromatic carboxylic acids is 1. The number of carboxylic acid groups (broad SMARTS) is 1. The summed E-state index contributed by atoms with van der Waals surface area (Å²) < 4.78 is 26.7. The van der Waals surface area contributed by atoms with E-state index in [2.05, 4.69) is 4.98 Å². The molecule has 8 heteroatoms. The molecule has 1 aliphatic heterocycles. The molecule has 2 heterocycles. The van der Waals surface area contributed by atoms with E-state index < -0.39 is 16.0 Å². The second-order valence-electron chi connectivity index (χ2n) is 5.17. The lowest BCUT2D eigenvalue weighted by molar-refractivity contribution is 0.0694. The minimum atomic E-state index is -3.66. The Morgan fingerprint density at radius 3 is 2.57 bits per heavy atom. The lowest BCUT2D eigenvalue weighted by atomic mass is 9.98. The van der Waals surface area contributed by atoms with Crippen LogP contribution in [-0.2, 0) is 23.0 Å². The summed E-state index contributed by atoms with van der Waals surface area (Å²) in [5.41, 5.74) is 1.40. The van der Waals surface area contributed by atoms with Gasteiger partial charge in [0.05, 0.1) is 10.5 Å². The molecule has 6 nitrogen and oxygen atoms in total. The zero-order chi connectivity index (χ0) is 16.6. The maximum atomic E-state index is 12.7. The van der Waals surface area contributed by atoms with Gasteiger partial charge in [0, 0.05) is 30.5 Å². The van der Waals surface area contributed by atoms with Crippen molar-refractivity contribution >= 4 is 27.6 Å². The average molecular weight is 353 g/mol. The number of fused-ring (bicyclic) bond motifs is 1. The third-order valence-corrected chi connectivity index (χ3v) is 5.90. The van der Waals surface area contributed by atoms with Crippen LogP contribution < -0.4 is 0 Å². The molecular weight excluding hydrogens is 340 g/mol. The van der Waals surface area contributed by atoms with Crippen molar-refractivity contribution in [1.82, 2.24) is 9.29 Å². The largest absolute Gasteiger partial charge is 0.478 e. The van der Waals surface area contributed by atoms with E-state index in [1.54, 1.807) is 0 Å². The molecule has 0 saturated heterocycles. The van der Waals surface area contributed by atoms with E-state index in [4.69, 9.17) is 11.6 Å². The van der Waals surface area contributed by atoms with Gasteiger partial charge in [-0.25, -0.2) is 13.2 Å². The normalized spacial score (nSPS) is 15.2. The van der Waals surface area contributed by atoms with E-state index in [1.807, 2.05) is 0 Å². The highest BCUT2D eigenvalue weighted by Crippen LogP contribution is 2.27. The van der Waals surface area contributed by atoms with Crippen LogP contribution in [-0.4, -0.2) is 35.3 Å². The Balaban J connectivity index is 1.94. The Kier molecular flexibility index (Phi) is 4.09. The molecule has 0 aliphatic carbocycles. The molecule has 0 bridgehead atoms. The van der Waals surface area contributed by atoms with Crippen LogP contribution in [0.25, 0.3) is 0 Å². The molecule has 1 N–H and O–H groups in total. The highest BCUT2D eigenvalue weighted by atomic mass is 35.5. The van der Waals surface area contributed by atoms with Crippen molar-refractivity contribution in [2.24, 2.45) is 0 Å². The standard InChI is InChI=1S/C15H13ClN2O4S/c16-11-1-3-12(4-2-11)23(21,22)18-6-5-13-10(9-18)7-17-8-14(13)15(19)20/h1-4,7-8H,5-6,9H2,(H,19,20). The Morgan fingerprint density at radius 1 is 1.22 bits per heavy atom. The van der Waals surface area contributed by atoms with E-state index in [0.717, 1.165) is 0 Å². The summed E-state index contributed by atoms with van der Waals surface area (Å²) in [4.78, 5) is 15.3. The van der Waals surface area contributed by atoms with Crippen molar-refractivity contribution in [1.29, 1.82) is 0 Å². The van der Waals surface area contributed by atoms with E-state index in [9.17, 15) is 18.3 Å². The first kappa shape index (κ1) is 15.9. The minimum absolute atomic E-state index is 0.106. The Labute approximate surface area is 138 Å². The number of rotatable bonds is 3. The van der Waals surface area contributed by atoms with E-state index >= 15 is 0 Å². The molecule has 1 aromatic heterocycles. The molecule has 3 rings (SSSR count). The number of aromatic nitrogens is 1. The molecule has 2 aromatic rings. The Morgan fingerprint density at radius 2 is 1.91 bits per heavy atom. The molecule has 0 saturated carbocycles. The van der Waals surface area contributed by atoms with Crippen LogP contribution >= 0.6 is 11.6 Å². The SMILES string of the molecule is O=C(O)c1cncc2c1CCN(S(=O)(=O)c1ccc(Cl)cc1)C2. The summed E-state index contributed by atoms with van der Waals surface area (Å²) in [5.74, 6) is -1.05. The highest BCUT2D eigenvalue weighted by Gasteiger charge is 2.30. The van der Waals surface area contributed by atoms with Crippen molar-refractivity contribution < 1.29 is 18.3 Å². The molecule has 1 aliphatic rings. The van der Waals surface area contributed by atoms with Gasteiger partial charge >= 0.3 is 5.97 Å². The smallest absolute Gasteiger partial charge is 0.337 e. The summed E-state index contributed by atoms with van der Waals surface area (Å²) in [7, 11) is -3.66. The van der Waals surface area contributed by atoms with Crippen LogP contribution in [0.1, 0.15) is 21.5 Å². The zero-order valence-electron chi connectivity index (χ0n) is 11.9. The summed E-state index contributed by atoms with van der Waals surface area (Å²) in [5, 5.41) is 9.65. The fraction of sp³-hybridized carbons (Fsp3) is 0.200. The van der Waals surface area contributed by atoms with Gasteiger partial charge in [0.1, 0.15) is 0 Å². The fourth-order valence-corrected chi connectivity index (χ4v) is 4.16. The highest BCUT2D eigenvalue weighted by molar-refractivity contribution is 7.89. The first-order chi connectivity index (χ1) is 10.9. The van der Waals surface area contributed by atoms with Gasteiger partial charge in [-0.15, -0.1) is 0 Å². The van der Waals surface area contributed by atoms with Crippen LogP contribution in [0.3, 0.4) is 0 Å². The second-order valence-corrected chi connectivity index (χ2v) is 7.55. The number of benzene rings is 1. The number of carboxylic acids is 1. The summed E-state index contributed by atoms with van der Waals surface area (Å²) in [6.07, 6.45) is 3.15. The van der Waals surface area contributed by atoms with Gasteiger partial charge in [0.25, 0.3) is 0 Å². The first-order valence-corrected chi connectivity index (χ1v) is 8.66. The predicted molar refractivity (Wildman–Crippen MR) is 83.9 cm³/mol. The van der Waals surface area contributed by atoms with Gasteiger partial charge in [-0.3, -0.25) is 4.98 Å². The maximum Gasteiger partial charge on any atom is 0.337 e. The van der Waals surface area contributed by atoms with E-state index in [1.165, 1.54) is 41.0 Å². The molecule has 0 radical (unpaired) electrons. The predicted octanol–water partition coefficient (Wildman–Crippen LogP) is 2.18. The third kappa shape index (κ3) is 2.95. The summed E-state index contributed by atoms with van der Waals surface area (Å²) >= 11 is 5.79. The number of sulfonamides is 1. The summed E-state index contributed by atoms with van der Waals surface area (Å²) in [6.45, 7) is 0.330. The number of pyridine rings is 1. The van der Waals surface area contributed by atoms with E-state index in [-0.39, 0.29) is 23.5 Å². The number of hydrogen-bond acceptors (Lipinski definition) is 4. The topological polar surface area (TPSA) is 87.6 Å². The zero-order valence-corrected chi connectivity index (χ0v) is 13.5. The number of halogens is 1. The van der Waals surface area contributed by atoms with Crippen LogP contribution in [0.2, 0.25) is 5.02 Å². The van der Waals surface area contributed by atoms with Gasteiger partial charge in [0.2, 0.25) is 10.0 Å². The molecule has 0 atom stereocenters. The Hall–Kier alpha value is -1.96. The molecule has 0 spiro atoms. The lowest BCUT2D eigenvalue weighted by Gasteiger charge is -2.28. The molecule has 120 valence electrons. The van der Waals surface area contributed by atoms with Crippen molar-refractivity contribution in [2.75, 3.05) is 6.54 Å². The third-order valence-electron chi connectivity index (χ3n) is 3.79. The lowest BCUT2D eigenvalue weighted by Crippen LogP contribution is -2.36. The van der Waals surface area contributed by atoms with Gasteiger partial charge in [-0.1, -0.05) is 11.6 Å². The van der Waals surface area contributed by atoms with Crippen molar-refractivity contribution in [3.05, 3.63) is 58.4 Å². The van der Waals surface area contributed by atoms with Gasteiger partial charge < -0.3 is 5.11 Å². The van der Waals surface area contributed by atoms with Crippen LogP contribution in [0.5, 0.6) is 0 Å². The quantitative estimate of drug-likeness (QED) is 0.914. The van der Waals surface area contributed by atoms with Crippen molar-refractivity contribution in [2.45, 2.75) is 17.9 Å². The first-order valence-electron chi connectivity index (χ1n) is 6.84. The number of hydrogen-bond donors (Lipinski definition) is 1. The molecule has 0 fully saturated rings. The molecule has 0 amide bonds. The molecule has 1 aromatic carbocycles. The summed E-state index contributed by atoms with van der Waals surface area (Å²) in [6, 6.07) is 5.96. The second kappa shape index (κ2) is 5.92. The van der Waals surface area contributed by atoms with Gasteiger partial charge in [-0.05, 0) is 41.8 Å². The molecule has 23 heavy (non-hydrogen) atoms. The number of nitrogens with zero attached hydrogens (tertiary/aromatic N) is 2. The fourth-order valence-electron chi connectivity index (χ4n) is 2.61. The maximum absolute atomic E-state index is 12.7. The average Bonchev–Trinajstić information content (AvgIpc) is 2.54.